The van der Waals surface area contributed by atoms with Gasteiger partial charge in [0.15, 0.2) is 0 Å². The molecule has 7 heteroatoms. The van der Waals surface area contributed by atoms with Crippen molar-refractivity contribution in [3.63, 3.8) is 0 Å². The minimum atomic E-state index is -0.257. The topological polar surface area (TPSA) is 79.1 Å². The Balaban J connectivity index is 1.55. The van der Waals surface area contributed by atoms with Crippen molar-refractivity contribution in [1.82, 2.24) is 14.9 Å². The number of nitrogens with zero attached hydrogens (tertiary/aromatic N) is 3. The van der Waals surface area contributed by atoms with E-state index >= 15 is 0 Å². The molecule has 2 heterocycles. The van der Waals surface area contributed by atoms with Gasteiger partial charge in [-0.25, -0.2) is 9.37 Å². The van der Waals surface area contributed by atoms with Crippen LogP contribution in [0.5, 0.6) is 0 Å². The minimum absolute atomic E-state index is 0.257. The Hall–Kier alpha value is -2.25. The zero-order chi connectivity index (χ0) is 20.2. The second-order valence-electron chi connectivity index (χ2n) is 8.46. The highest BCUT2D eigenvalue weighted by Gasteiger charge is 2.25. The Morgan fingerprint density at radius 2 is 1.72 bits per heavy atom. The third-order valence-corrected chi connectivity index (χ3v) is 6.19. The van der Waals surface area contributed by atoms with Gasteiger partial charge in [-0.3, -0.25) is 0 Å². The number of piperidine rings is 1. The van der Waals surface area contributed by atoms with Gasteiger partial charge in [-0.1, -0.05) is 0 Å². The molecule has 2 aromatic rings. The molecule has 0 amide bonds. The molecule has 1 aliphatic heterocycles. The summed E-state index contributed by atoms with van der Waals surface area (Å²) in [5, 5.41) is 6.89. The fraction of sp³-hybridized carbons (Fsp3) is 0.545. The Bertz CT molecular complexity index is 795. The summed E-state index contributed by atoms with van der Waals surface area (Å²) in [6, 6.07) is 6.97. The standard InChI is InChI=1S/C22H31FN6/c1-29-12-10-15(11-13-29)20-14-25-22(27-19-6-2-16(23)3-7-19)28-21(20)26-18-8-4-17(24)5-9-18/h2-3,6-7,14-15,17-18H,4-5,8-13,24H2,1H3,(H2,25,26,27,28). The van der Waals surface area contributed by atoms with Crippen molar-refractivity contribution in [2.75, 3.05) is 30.8 Å². The maximum Gasteiger partial charge on any atom is 0.229 e. The quantitative estimate of drug-likeness (QED) is 0.710. The first-order valence-electron chi connectivity index (χ1n) is 10.7. The first kappa shape index (κ1) is 20.0. The van der Waals surface area contributed by atoms with Crippen molar-refractivity contribution in [1.29, 1.82) is 0 Å². The van der Waals surface area contributed by atoms with Crippen LogP contribution in [0.1, 0.15) is 50.0 Å². The van der Waals surface area contributed by atoms with Crippen LogP contribution in [0.25, 0.3) is 0 Å². The lowest BCUT2D eigenvalue weighted by Gasteiger charge is -2.32. The van der Waals surface area contributed by atoms with E-state index in [2.05, 4.69) is 27.6 Å². The molecule has 0 unspecified atom stereocenters. The zero-order valence-electron chi connectivity index (χ0n) is 17.1. The number of rotatable bonds is 5. The Labute approximate surface area is 172 Å². The van der Waals surface area contributed by atoms with Gasteiger partial charge in [0.2, 0.25) is 5.95 Å². The molecule has 0 bridgehead atoms. The van der Waals surface area contributed by atoms with Gasteiger partial charge in [0, 0.05) is 29.5 Å². The molecule has 2 fully saturated rings. The monoisotopic (exact) mass is 398 g/mol. The highest BCUT2D eigenvalue weighted by molar-refractivity contribution is 5.57. The predicted molar refractivity (Wildman–Crippen MR) is 115 cm³/mol. The van der Waals surface area contributed by atoms with Crippen molar-refractivity contribution in [2.24, 2.45) is 5.73 Å². The summed E-state index contributed by atoms with van der Waals surface area (Å²) in [6.45, 7) is 2.19. The van der Waals surface area contributed by atoms with Crippen LogP contribution in [0, 0.1) is 5.82 Å². The van der Waals surface area contributed by atoms with Gasteiger partial charge in [0.25, 0.3) is 0 Å². The summed E-state index contributed by atoms with van der Waals surface area (Å²) in [5.41, 5.74) is 8.05. The second-order valence-corrected chi connectivity index (χ2v) is 8.46. The Morgan fingerprint density at radius 3 is 2.41 bits per heavy atom. The number of aromatic nitrogens is 2. The number of likely N-dealkylation sites (tertiary alicyclic amines) is 1. The number of nitrogens with two attached hydrogens (primary N) is 1. The number of benzene rings is 1. The van der Waals surface area contributed by atoms with Crippen LogP contribution in [0.15, 0.2) is 30.5 Å². The Kier molecular flexibility index (Phi) is 6.25. The van der Waals surface area contributed by atoms with Gasteiger partial charge in [0.1, 0.15) is 11.6 Å². The Morgan fingerprint density at radius 1 is 1.03 bits per heavy atom. The smallest absolute Gasteiger partial charge is 0.229 e. The first-order chi connectivity index (χ1) is 14.1. The van der Waals surface area contributed by atoms with Gasteiger partial charge in [-0.05, 0) is 88.8 Å². The molecule has 4 rings (SSSR count). The van der Waals surface area contributed by atoms with Gasteiger partial charge in [-0.15, -0.1) is 0 Å². The van der Waals surface area contributed by atoms with E-state index in [4.69, 9.17) is 10.7 Å². The molecule has 1 saturated heterocycles. The van der Waals surface area contributed by atoms with E-state index in [0.29, 0.717) is 23.9 Å². The highest BCUT2D eigenvalue weighted by atomic mass is 19.1. The maximum absolute atomic E-state index is 13.2. The molecule has 1 aliphatic carbocycles. The maximum atomic E-state index is 13.2. The van der Waals surface area contributed by atoms with Crippen LogP contribution in [0.3, 0.4) is 0 Å². The fourth-order valence-electron chi connectivity index (χ4n) is 4.30. The fourth-order valence-corrected chi connectivity index (χ4v) is 4.30. The average molecular weight is 399 g/mol. The van der Waals surface area contributed by atoms with E-state index in [0.717, 1.165) is 63.1 Å². The summed E-state index contributed by atoms with van der Waals surface area (Å²) < 4.78 is 13.2. The molecule has 0 spiro atoms. The van der Waals surface area contributed by atoms with Crippen LogP contribution in [0.4, 0.5) is 21.8 Å². The lowest BCUT2D eigenvalue weighted by Crippen LogP contribution is -2.34. The lowest BCUT2D eigenvalue weighted by molar-refractivity contribution is 0.255. The summed E-state index contributed by atoms with van der Waals surface area (Å²) in [5.74, 6) is 1.68. The molecule has 0 atom stereocenters. The first-order valence-corrected chi connectivity index (χ1v) is 10.7. The van der Waals surface area contributed by atoms with Gasteiger partial charge >= 0.3 is 0 Å². The van der Waals surface area contributed by atoms with Crippen molar-refractivity contribution in [2.45, 2.75) is 56.5 Å². The molecular formula is C22H31FN6. The third kappa shape index (κ3) is 5.22. The van der Waals surface area contributed by atoms with E-state index in [9.17, 15) is 4.39 Å². The predicted octanol–water partition coefficient (Wildman–Crippen LogP) is 3.85. The second kappa shape index (κ2) is 9.05. The largest absolute Gasteiger partial charge is 0.367 e. The number of halogens is 1. The SMILES string of the molecule is CN1CCC(c2cnc(Nc3ccc(F)cc3)nc2NC2CCC(N)CC2)CC1. The van der Waals surface area contributed by atoms with Crippen molar-refractivity contribution < 1.29 is 4.39 Å². The molecule has 156 valence electrons. The summed E-state index contributed by atoms with van der Waals surface area (Å²) in [6.07, 6.45) is 8.44. The molecule has 1 saturated carbocycles. The highest BCUT2D eigenvalue weighted by Crippen LogP contribution is 2.33. The van der Waals surface area contributed by atoms with Crippen LogP contribution < -0.4 is 16.4 Å². The number of nitrogens with one attached hydrogen (secondary N) is 2. The summed E-state index contributed by atoms with van der Waals surface area (Å²) in [7, 11) is 2.17. The molecule has 29 heavy (non-hydrogen) atoms. The van der Waals surface area contributed by atoms with E-state index in [1.807, 2.05) is 6.20 Å². The molecule has 4 N–H and O–H groups in total. The summed E-state index contributed by atoms with van der Waals surface area (Å²) >= 11 is 0. The van der Waals surface area contributed by atoms with E-state index < -0.39 is 0 Å². The van der Waals surface area contributed by atoms with E-state index in [1.165, 1.54) is 17.7 Å². The van der Waals surface area contributed by atoms with Crippen LogP contribution in [-0.4, -0.2) is 47.1 Å². The molecular weight excluding hydrogens is 367 g/mol. The third-order valence-electron chi connectivity index (χ3n) is 6.19. The molecule has 0 radical (unpaired) electrons. The van der Waals surface area contributed by atoms with E-state index in [1.54, 1.807) is 12.1 Å². The van der Waals surface area contributed by atoms with Gasteiger partial charge in [-0.2, -0.15) is 4.98 Å². The van der Waals surface area contributed by atoms with Crippen LogP contribution in [-0.2, 0) is 0 Å². The number of hydrogen-bond donors (Lipinski definition) is 3. The number of anilines is 3. The van der Waals surface area contributed by atoms with Crippen LogP contribution >= 0.6 is 0 Å². The summed E-state index contributed by atoms with van der Waals surface area (Å²) in [4.78, 5) is 11.8. The van der Waals surface area contributed by atoms with Gasteiger partial charge in [0.05, 0.1) is 0 Å². The minimum Gasteiger partial charge on any atom is -0.367 e. The van der Waals surface area contributed by atoms with Crippen molar-refractivity contribution in [3.05, 3.63) is 41.8 Å². The van der Waals surface area contributed by atoms with Gasteiger partial charge < -0.3 is 21.3 Å². The van der Waals surface area contributed by atoms with Crippen molar-refractivity contribution >= 4 is 17.5 Å². The normalized spacial score (nSPS) is 23.7. The molecule has 1 aromatic heterocycles. The number of hydrogen-bond acceptors (Lipinski definition) is 6. The lowest BCUT2D eigenvalue weighted by atomic mass is 9.89. The zero-order valence-corrected chi connectivity index (χ0v) is 17.1. The van der Waals surface area contributed by atoms with Crippen LogP contribution in [0.2, 0.25) is 0 Å². The molecule has 1 aromatic carbocycles. The average Bonchev–Trinajstić information content (AvgIpc) is 2.73. The molecule has 2 aliphatic rings. The van der Waals surface area contributed by atoms with Crippen molar-refractivity contribution in [3.8, 4) is 0 Å². The van der Waals surface area contributed by atoms with E-state index in [-0.39, 0.29) is 5.82 Å². The molecule has 6 nitrogen and oxygen atoms in total.